The first-order valence-electron chi connectivity index (χ1n) is 4.41. The summed E-state index contributed by atoms with van der Waals surface area (Å²) in [4.78, 5) is 10.6. The van der Waals surface area contributed by atoms with Crippen molar-refractivity contribution in [1.82, 2.24) is 5.32 Å². The van der Waals surface area contributed by atoms with Gasteiger partial charge >= 0.3 is 0 Å². The van der Waals surface area contributed by atoms with Crippen molar-refractivity contribution >= 4 is 5.91 Å². The van der Waals surface area contributed by atoms with E-state index in [4.69, 9.17) is 5.26 Å². The summed E-state index contributed by atoms with van der Waals surface area (Å²) < 4.78 is 0. The van der Waals surface area contributed by atoms with Crippen molar-refractivity contribution in [1.29, 1.82) is 5.26 Å². The molecule has 0 aliphatic rings. The van der Waals surface area contributed by atoms with Gasteiger partial charge in [0.2, 0.25) is 5.91 Å². The lowest BCUT2D eigenvalue weighted by Crippen LogP contribution is -2.18. The second-order valence-corrected chi connectivity index (χ2v) is 3.06. The normalized spacial score (nSPS) is 9.14. The number of nitrogens with zero attached hydrogens (tertiary/aromatic N) is 1. The lowest BCUT2D eigenvalue weighted by molar-refractivity contribution is -0.119. The maximum Gasteiger partial charge on any atom is 0.217 e. The van der Waals surface area contributed by atoms with Gasteiger partial charge in [-0.1, -0.05) is 24.3 Å². The van der Waals surface area contributed by atoms with Crippen molar-refractivity contribution in [2.75, 3.05) is 0 Å². The number of carbonyl (C=O) groups is 1. The van der Waals surface area contributed by atoms with Crippen LogP contribution in [0.15, 0.2) is 24.3 Å². The van der Waals surface area contributed by atoms with Crippen LogP contribution in [-0.4, -0.2) is 5.91 Å². The van der Waals surface area contributed by atoms with Crippen LogP contribution in [0.4, 0.5) is 0 Å². The molecule has 3 nitrogen and oxygen atoms in total. The molecule has 0 aliphatic heterocycles. The Morgan fingerprint density at radius 1 is 1.36 bits per heavy atom. The highest BCUT2D eigenvalue weighted by Crippen LogP contribution is 2.04. The van der Waals surface area contributed by atoms with E-state index >= 15 is 0 Å². The highest BCUT2D eigenvalue weighted by atomic mass is 16.1. The third-order valence-corrected chi connectivity index (χ3v) is 1.85. The summed E-state index contributed by atoms with van der Waals surface area (Å²) in [5.41, 5.74) is 2.04. The SMILES string of the molecule is CC(=O)NCc1ccc(CC#N)cc1. The van der Waals surface area contributed by atoms with Crippen LogP contribution in [0.1, 0.15) is 18.1 Å². The molecular formula is C11H12N2O. The minimum atomic E-state index is -0.0360. The molecule has 3 heteroatoms. The quantitative estimate of drug-likeness (QED) is 0.779. The van der Waals surface area contributed by atoms with Gasteiger partial charge in [0.25, 0.3) is 0 Å². The van der Waals surface area contributed by atoms with E-state index < -0.39 is 0 Å². The topological polar surface area (TPSA) is 52.9 Å². The molecule has 1 rings (SSSR count). The van der Waals surface area contributed by atoms with Crippen molar-refractivity contribution in [2.45, 2.75) is 19.9 Å². The summed E-state index contributed by atoms with van der Waals surface area (Å²) in [6.45, 7) is 2.03. The number of benzene rings is 1. The molecule has 1 aromatic carbocycles. The number of hydrogen-bond donors (Lipinski definition) is 1. The van der Waals surface area contributed by atoms with Gasteiger partial charge in [0, 0.05) is 13.5 Å². The van der Waals surface area contributed by atoms with Gasteiger partial charge in [-0.05, 0) is 11.1 Å². The number of nitriles is 1. The zero-order valence-electron chi connectivity index (χ0n) is 8.08. The third-order valence-electron chi connectivity index (χ3n) is 1.85. The Bertz CT molecular complexity index is 349. The summed E-state index contributed by atoms with van der Waals surface area (Å²) in [5, 5.41) is 11.2. The molecule has 1 N–H and O–H groups in total. The number of rotatable bonds is 3. The smallest absolute Gasteiger partial charge is 0.217 e. The standard InChI is InChI=1S/C11H12N2O/c1-9(14)13-8-11-4-2-10(3-5-11)6-7-12/h2-5H,6,8H2,1H3,(H,13,14). The van der Waals surface area contributed by atoms with Crippen LogP contribution < -0.4 is 5.32 Å². The fraction of sp³-hybridized carbons (Fsp3) is 0.273. The van der Waals surface area contributed by atoms with Crippen molar-refractivity contribution in [3.05, 3.63) is 35.4 Å². The number of nitrogens with one attached hydrogen (secondary N) is 1. The predicted molar refractivity (Wildman–Crippen MR) is 53.3 cm³/mol. The van der Waals surface area contributed by atoms with Crippen molar-refractivity contribution in [2.24, 2.45) is 0 Å². The first kappa shape index (κ1) is 10.3. The van der Waals surface area contributed by atoms with E-state index in [0.717, 1.165) is 11.1 Å². The highest BCUT2D eigenvalue weighted by molar-refractivity contribution is 5.72. The molecular weight excluding hydrogens is 176 g/mol. The van der Waals surface area contributed by atoms with Crippen molar-refractivity contribution < 1.29 is 4.79 Å². The molecule has 0 bridgehead atoms. The average molecular weight is 188 g/mol. The Morgan fingerprint density at radius 3 is 2.43 bits per heavy atom. The summed E-state index contributed by atoms with van der Waals surface area (Å²) in [7, 11) is 0. The largest absolute Gasteiger partial charge is 0.352 e. The number of hydrogen-bond acceptors (Lipinski definition) is 2. The molecule has 0 aromatic heterocycles. The van der Waals surface area contributed by atoms with Crippen LogP contribution in [0.25, 0.3) is 0 Å². The van der Waals surface area contributed by atoms with E-state index in [-0.39, 0.29) is 5.91 Å². The van der Waals surface area contributed by atoms with E-state index in [9.17, 15) is 4.79 Å². The molecule has 14 heavy (non-hydrogen) atoms. The Morgan fingerprint density at radius 2 is 1.93 bits per heavy atom. The first-order chi connectivity index (χ1) is 6.72. The maximum absolute atomic E-state index is 10.6. The molecule has 0 radical (unpaired) electrons. The lowest BCUT2D eigenvalue weighted by atomic mass is 10.1. The summed E-state index contributed by atoms with van der Waals surface area (Å²) in [6, 6.07) is 9.73. The Kier molecular flexibility index (Phi) is 3.69. The molecule has 0 atom stereocenters. The molecule has 0 unspecified atom stereocenters. The molecule has 0 saturated heterocycles. The fourth-order valence-corrected chi connectivity index (χ4v) is 1.09. The van der Waals surface area contributed by atoms with Crippen LogP contribution in [0.5, 0.6) is 0 Å². The highest BCUT2D eigenvalue weighted by Gasteiger charge is 1.95. The summed E-state index contributed by atoms with van der Waals surface area (Å²) in [6.07, 6.45) is 0.431. The van der Waals surface area contributed by atoms with Crippen molar-refractivity contribution in [3.63, 3.8) is 0 Å². The average Bonchev–Trinajstić information content (AvgIpc) is 2.17. The molecule has 1 aromatic rings. The van der Waals surface area contributed by atoms with Gasteiger partial charge in [-0.3, -0.25) is 4.79 Å². The van der Waals surface area contributed by atoms with Gasteiger partial charge in [0.05, 0.1) is 12.5 Å². The number of amides is 1. The molecule has 1 amide bonds. The summed E-state index contributed by atoms with van der Waals surface area (Å²) in [5.74, 6) is -0.0360. The first-order valence-corrected chi connectivity index (χ1v) is 4.41. The van der Waals surface area contributed by atoms with E-state index in [1.807, 2.05) is 24.3 Å². The maximum atomic E-state index is 10.6. The fourth-order valence-electron chi connectivity index (χ4n) is 1.09. The van der Waals surface area contributed by atoms with Crippen LogP contribution in [0.2, 0.25) is 0 Å². The summed E-state index contributed by atoms with van der Waals surface area (Å²) >= 11 is 0. The van der Waals surface area contributed by atoms with Gasteiger partial charge < -0.3 is 5.32 Å². The molecule has 0 spiro atoms. The van der Waals surface area contributed by atoms with E-state index in [1.165, 1.54) is 6.92 Å². The second kappa shape index (κ2) is 5.03. The zero-order chi connectivity index (χ0) is 10.4. The van der Waals surface area contributed by atoms with Gasteiger partial charge in [-0.25, -0.2) is 0 Å². The zero-order valence-corrected chi connectivity index (χ0v) is 8.08. The van der Waals surface area contributed by atoms with E-state index in [0.29, 0.717) is 13.0 Å². The van der Waals surface area contributed by atoms with Crippen LogP contribution in [0, 0.1) is 11.3 Å². The van der Waals surface area contributed by atoms with Gasteiger partial charge in [0.15, 0.2) is 0 Å². The van der Waals surface area contributed by atoms with E-state index in [2.05, 4.69) is 11.4 Å². The minimum Gasteiger partial charge on any atom is -0.352 e. The third kappa shape index (κ3) is 3.28. The monoisotopic (exact) mass is 188 g/mol. The van der Waals surface area contributed by atoms with Gasteiger partial charge in [0.1, 0.15) is 0 Å². The van der Waals surface area contributed by atoms with Crippen LogP contribution in [0.3, 0.4) is 0 Å². The van der Waals surface area contributed by atoms with Crippen LogP contribution >= 0.6 is 0 Å². The Hall–Kier alpha value is -1.82. The predicted octanol–water partition coefficient (Wildman–Crippen LogP) is 1.39. The molecule has 0 fully saturated rings. The Labute approximate surface area is 83.4 Å². The van der Waals surface area contributed by atoms with Gasteiger partial charge in [-0.15, -0.1) is 0 Å². The molecule has 0 aliphatic carbocycles. The minimum absolute atomic E-state index is 0.0360. The Balaban J connectivity index is 2.56. The molecule has 0 heterocycles. The molecule has 72 valence electrons. The van der Waals surface area contributed by atoms with E-state index in [1.54, 1.807) is 0 Å². The van der Waals surface area contributed by atoms with Gasteiger partial charge in [-0.2, -0.15) is 5.26 Å². The van der Waals surface area contributed by atoms with Crippen molar-refractivity contribution in [3.8, 4) is 6.07 Å². The molecule has 0 saturated carbocycles. The lowest BCUT2D eigenvalue weighted by Gasteiger charge is -2.02. The van der Waals surface area contributed by atoms with Crippen LogP contribution in [-0.2, 0) is 17.8 Å². The second-order valence-electron chi connectivity index (χ2n) is 3.06. The number of carbonyl (C=O) groups excluding carboxylic acids is 1.